The summed E-state index contributed by atoms with van der Waals surface area (Å²) < 4.78 is 57.3. The van der Waals surface area contributed by atoms with Gasteiger partial charge in [0.1, 0.15) is 11.5 Å². The van der Waals surface area contributed by atoms with Crippen LogP contribution in [-0.2, 0) is 4.79 Å². The van der Waals surface area contributed by atoms with E-state index in [9.17, 15) is 22.4 Å². The van der Waals surface area contributed by atoms with E-state index >= 15 is 0 Å². The maximum Gasteiger partial charge on any atom is 0.387 e. The van der Waals surface area contributed by atoms with Crippen molar-refractivity contribution in [3.05, 3.63) is 60.8 Å². The Bertz CT molecular complexity index is 1010. The molecule has 0 bridgehead atoms. The fourth-order valence-corrected chi connectivity index (χ4v) is 3.06. The summed E-state index contributed by atoms with van der Waals surface area (Å²) in [6.45, 7) is -5.82. The molecule has 1 N–H and O–H groups in total. The first kappa shape index (κ1) is 22.3. The van der Waals surface area contributed by atoms with Crippen molar-refractivity contribution in [1.29, 1.82) is 0 Å². The van der Waals surface area contributed by atoms with Crippen LogP contribution in [0.1, 0.15) is 0 Å². The second kappa shape index (κ2) is 10.6. The topological polar surface area (TPSA) is 73.3 Å². The number of ether oxygens (including phenoxy) is 2. The molecule has 6 nitrogen and oxygen atoms in total. The summed E-state index contributed by atoms with van der Waals surface area (Å²) in [5, 5.41) is 2.98. The largest absolute Gasteiger partial charge is 0.435 e. The van der Waals surface area contributed by atoms with Gasteiger partial charge in [0.2, 0.25) is 5.91 Å². The van der Waals surface area contributed by atoms with Gasteiger partial charge in [0.15, 0.2) is 5.16 Å². The van der Waals surface area contributed by atoms with E-state index in [1.165, 1.54) is 42.6 Å². The van der Waals surface area contributed by atoms with Crippen LogP contribution < -0.4 is 14.8 Å². The van der Waals surface area contributed by atoms with Crippen LogP contribution in [0, 0.1) is 0 Å². The third-order valence-corrected chi connectivity index (χ3v) is 4.57. The Labute approximate surface area is 178 Å². The van der Waals surface area contributed by atoms with Crippen molar-refractivity contribution in [1.82, 2.24) is 9.97 Å². The molecule has 3 rings (SSSR count). The predicted molar refractivity (Wildman–Crippen MR) is 107 cm³/mol. The van der Waals surface area contributed by atoms with Crippen LogP contribution in [-0.4, -0.2) is 34.9 Å². The Hall–Kier alpha value is -3.34. The quantitative estimate of drug-likeness (QED) is 0.277. The maximum absolute atomic E-state index is 12.2. The fourth-order valence-electron chi connectivity index (χ4n) is 2.43. The number of rotatable bonds is 9. The van der Waals surface area contributed by atoms with Gasteiger partial charge in [0, 0.05) is 17.4 Å². The van der Waals surface area contributed by atoms with Gasteiger partial charge in [0.25, 0.3) is 0 Å². The molecule has 0 atom stereocenters. The number of nitrogens with zero attached hydrogens (tertiary/aromatic N) is 2. The molecule has 0 fully saturated rings. The smallest absolute Gasteiger partial charge is 0.387 e. The van der Waals surface area contributed by atoms with Crippen LogP contribution >= 0.6 is 11.8 Å². The minimum atomic E-state index is -2.92. The zero-order valence-electron chi connectivity index (χ0n) is 15.7. The number of carbonyl (C=O) groups excluding carboxylic acids is 1. The number of nitrogens with one attached hydrogen (secondary N) is 1. The first-order valence-corrected chi connectivity index (χ1v) is 9.73. The van der Waals surface area contributed by atoms with E-state index < -0.39 is 13.2 Å². The number of hydrogen-bond donors (Lipinski definition) is 1. The molecule has 0 aliphatic heterocycles. The summed E-state index contributed by atoms with van der Waals surface area (Å²) in [7, 11) is 0. The van der Waals surface area contributed by atoms with Crippen molar-refractivity contribution in [2.24, 2.45) is 0 Å². The number of alkyl halides is 4. The molecule has 0 aliphatic rings. The van der Waals surface area contributed by atoms with E-state index in [1.807, 2.05) is 0 Å². The van der Waals surface area contributed by atoms with Crippen molar-refractivity contribution in [3.8, 4) is 22.8 Å². The van der Waals surface area contributed by atoms with Gasteiger partial charge in [-0.3, -0.25) is 4.79 Å². The van der Waals surface area contributed by atoms with Gasteiger partial charge < -0.3 is 14.8 Å². The van der Waals surface area contributed by atoms with Crippen LogP contribution in [0.25, 0.3) is 11.3 Å². The molecule has 0 aliphatic carbocycles. The molecule has 1 aromatic heterocycles. The van der Waals surface area contributed by atoms with E-state index in [0.717, 1.165) is 11.8 Å². The maximum atomic E-state index is 12.2. The Balaban J connectivity index is 1.55. The van der Waals surface area contributed by atoms with Crippen LogP contribution in [0.4, 0.5) is 23.2 Å². The van der Waals surface area contributed by atoms with Crippen molar-refractivity contribution in [2.45, 2.75) is 18.4 Å². The van der Waals surface area contributed by atoms with Gasteiger partial charge in [0.05, 0.1) is 11.4 Å². The molecule has 0 spiro atoms. The summed E-state index contributed by atoms with van der Waals surface area (Å²) in [6, 6.07) is 13.2. The molecule has 0 radical (unpaired) electrons. The van der Waals surface area contributed by atoms with Crippen molar-refractivity contribution in [2.75, 3.05) is 11.1 Å². The summed E-state index contributed by atoms with van der Waals surface area (Å²) in [6.07, 6.45) is 1.52. The number of anilines is 1. The molecule has 162 valence electrons. The standard InChI is InChI=1S/C20H15F4N3O3S/c21-18(22)29-14-5-1-12(2-6-14)16-9-10-25-20(27-16)31-11-17(28)26-13-3-7-15(8-4-13)30-19(23)24/h1-10,18-19H,11H2,(H,26,28). The zero-order valence-corrected chi connectivity index (χ0v) is 16.5. The highest BCUT2D eigenvalue weighted by Gasteiger charge is 2.09. The summed E-state index contributed by atoms with van der Waals surface area (Å²) in [5.74, 6) is -0.302. The number of amides is 1. The second-order valence-corrected chi connectivity index (χ2v) is 6.81. The molecule has 0 unspecified atom stereocenters. The molecule has 2 aromatic carbocycles. The molecule has 3 aromatic rings. The molecule has 1 heterocycles. The van der Waals surface area contributed by atoms with Crippen molar-refractivity contribution in [3.63, 3.8) is 0 Å². The van der Waals surface area contributed by atoms with E-state index in [2.05, 4.69) is 24.8 Å². The molecule has 0 saturated heterocycles. The SMILES string of the molecule is O=C(CSc1nccc(-c2ccc(OC(F)F)cc2)n1)Nc1ccc(OC(F)F)cc1. The predicted octanol–water partition coefficient (Wildman–Crippen LogP) is 5.08. The lowest BCUT2D eigenvalue weighted by Crippen LogP contribution is -2.14. The van der Waals surface area contributed by atoms with Gasteiger partial charge in [-0.2, -0.15) is 17.6 Å². The minimum Gasteiger partial charge on any atom is -0.435 e. The Morgan fingerprint density at radius 3 is 2.06 bits per heavy atom. The van der Waals surface area contributed by atoms with Gasteiger partial charge in [-0.1, -0.05) is 11.8 Å². The van der Waals surface area contributed by atoms with Crippen LogP contribution in [0.15, 0.2) is 66.0 Å². The second-order valence-electron chi connectivity index (χ2n) is 5.87. The average Bonchev–Trinajstić information content (AvgIpc) is 2.74. The lowest BCUT2D eigenvalue weighted by atomic mass is 10.1. The first-order valence-electron chi connectivity index (χ1n) is 8.75. The van der Waals surface area contributed by atoms with Crippen molar-refractivity contribution < 1.29 is 31.8 Å². The highest BCUT2D eigenvalue weighted by molar-refractivity contribution is 7.99. The monoisotopic (exact) mass is 453 g/mol. The number of hydrogen-bond acceptors (Lipinski definition) is 6. The highest BCUT2D eigenvalue weighted by atomic mass is 32.2. The fraction of sp³-hybridized carbons (Fsp3) is 0.150. The third-order valence-electron chi connectivity index (χ3n) is 3.70. The normalized spacial score (nSPS) is 10.9. The van der Waals surface area contributed by atoms with Gasteiger partial charge in [-0.25, -0.2) is 9.97 Å². The third kappa shape index (κ3) is 7.14. The van der Waals surface area contributed by atoms with E-state index in [0.29, 0.717) is 22.1 Å². The number of carbonyl (C=O) groups is 1. The lowest BCUT2D eigenvalue weighted by molar-refractivity contribution is -0.113. The Morgan fingerprint density at radius 1 is 0.903 bits per heavy atom. The lowest BCUT2D eigenvalue weighted by Gasteiger charge is -2.08. The summed E-state index contributed by atoms with van der Waals surface area (Å²) in [5.41, 5.74) is 1.64. The first-order chi connectivity index (χ1) is 14.9. The van der Waals surface area contributed by atoms with Crippen LogP contribution in [0.3, 0.4) is 0 Å². The van der Waals surface area contributed by atoms with Gasteiger partial charge in [-0.15, -0.1) is 0 Å². The minimum absolute atomic E-state index is 0.0126. The van der Waals surface area contributed by atoms with Gasteiger partial charge >= 0.3 is 13.2 Å². The summed E-state index contributed by atoms with van der Waals surface area (Å²) in [4.78, 5) is 20.6. The average molecular weight is 453 g/mol. The van der Waals surface area contributed by atoms with E-state index in [1.54, 1.807) is 18.2 Å². The molecule has 0 saturated carbocycles. The molecule has 1 amide bonds. The van der Waals surface area contributed by atoms with Gasteiger partial charge in [-0.05, 0) is 54.6 Å². The number of thioether (sulfide) groups is 1. The highest BCUT2D eigenvalue weighted by Crippen LogP contribution is 2.24. The number of benzene rings is 2. The van der Waals surface area contributed by atoms with E-state index in [-0.39, 0.29) is 23.2 Å². The van der Waals surface area contributed by atoms with Crippen molar-refractivity contribution >= 4 is 23.4 Å². The van der Waals surface area contributed by atoms with Crippen LogP contribution in [0.5, 0.6) is 11.5 Å². The molecular formula is C20H15F4N3O3S. The van der Waals surface area contributed by atoms with E-state index in [4.69, 9.17) is 0 Å². The van der Waals surface area contributed by atoms with Crippen LogP contribution in [0.2, 0.25) is 0 Å². The molecular weight excluding hydrogens is 438 g/mol. The Kier molecular flexibility index (Phi) is 7.65. The Morgan fingerprint density at radius 2 is 1.48 bits per heavy atom. The zero-order chi connectivity index (χ0) is 22.2. The number of halogens is 4. The molecule has 11 heteroatoms. The number of aromatic nitrogens is 2. The molecule has 31 heavy (non-hydrogen) atoms. The summed E-state index contributed by atoms with van der Waals surface area (Å²) >= 11 is 1.10.